The summed E-state index contributed by atoms with van der Waals surface area (Å²) in [4.78, 5) is 7.08. The Morgan fingerprint density at radius 1 is 1.10 bits per heavy atom. The van der Waals surface area contributed by atoms with Crippen molar-refractivity contribution in [1.82, 2.24) is 10.6 Å². The van der Waals surface area contributed by atoms with Crippen LogP contribution in [0.3, 0.4) is 0 Å². The quantitative estimate of drug-likeness (QED) is 0.396. The number of primary sulfonamides is 1. The molecule has 0 atom stereocenters. The normalized spacial score (nSPS) is 11.9. The smallest absolute Gasteiger partial charge is 0.238 e. The van der Waals surface area contributed by atoms with Gasteiger partial charge in [-0.1, -0.05) is 24.3 Å². The zero-order valence-corrected chi connectivity index (χ0v) is 18.9. The maximum absolute atomic E-state index is 11.3. The molecule has 0 saturated carbocycles. The number of aryl methyl sites for hydroxylation is 1. The van der Waals surface area contributed by atoms with Crippen molar-refractivity contribution in [1.29, 1.82) is 0 Å². The van der Waals surface area contributed by atoms with E-state index in [1.54, 1.807) is 12.1 Å². The molecular weight excluding hydrogens is 398 g/mol. The molecule has 2 aromatic rings. The molecule has 0 fully saturated rings. The lowest BCUT2D eigenvalue weighted by Gasteiger charge is -2.24. The maximum atomic E-state index is 11.3. The van der Waals surface area contributed by atoms with Gasteiger partial charge < -0.3 is 15.5 Å². The first-order valence-corrected chi connectivity index (χ1v) is 11.8. The summed E-state index contributed by atoms with van der Waals surface area (Å²) in [5.74, 6) is 0.777. The average molecular weight is 432 g/mol. The van der Waals surface area contributed by atoms with Gasteiger partial charge in [-0.05, 0) is 62.6 Å². The van der Waals surface area contributed by atoms with Crippen LogP contribution in [0.4, 0.5) is 5.69 Å². The highest BCUT2D eigenvalue weighted by Crippen LogP contribution is 2.15. The van der Waals surface area contributed by atoms with Gasteiger partial charge >= 0.3 is 0 Å². The summed E-state index contributed by atoms with van der Waals surface area (Å²) in [6.07, 6.45) is 0.714. The van der Waals surface area contributed by atoms with Crippen molar-refractivity contribution in [3.63, 3.8) is 0 Å². The Kier molecular flexibility index (Phi) is 9.14. The molecule has 30 heavy (non-hydrogen) atoms. The number of nitrogens with two attached hydrogens (primary N) is 1. The van der Waals surface area contributed by atoms with Crippen LogP contribution in [-0.4, -0.2) is 47.1 Å². The van der Waals surface area contributed by atoms with Crippen molar-refractivity contribution in [2.45, 2.75) is 32.1 Å². The molecule has 2 rings (SSSR count). The summed E-state index contributed by atoms with van der Waals surface area (Å²) in [5.41, 5.74) is 3.49. The lowest BCUT2D eigenvalue weighted by molar-refractivity contribution is 0.598. The number of hydrogen-bond donors (Lipinski definition) is 3. The Morgan fingerprint density at radius 2 is 1.83 bits per heavy atom. The first-order chi connectivity index (χ1) is 14.3. The summed E-state index contributed by atoms with van der Waals surface area (Å²) in [6, 6.07) is 15.1. The highest BCUT2D eigenvalue weighted by molar-refractivity contribution is 7.89. The molecule has 0 radical (unpaired) electrons. The van der Waals surface area contributed by atoms with Crippen LogP contribution in [0.15, 0.2) is 58.4 Å². The van der Waals surface area contributed by atoms with Crippen molar-refractivity contribution < 1.29 is 8.42 Å². The molecule has 0 aliphatic heterocycles. The van der Waals surface area contributed by atoms with Crippen molar-refractivity contribution >= 4 is 21.7 Å². The highest BCUT2D eigenvalue weighted by Gasteiger charge is 2.07. The van der Waals surface area contributed by atoms with E-state index >= 15 is 0 Å². The molecule has 4 N–H and O–H groups in total. The number of aliphatic imine (C=N–C) groups is 1. The largest absolute Gasteiger partial charge is 0.370 e. The first-order valence-electron chi connectivity index (χ1n) is 10.3. The van der Waals surface area contributed by atoms with Gasteiger partial charge in [0.1, 0.15) is 0 Å². The summed E-state index contributed by atoms with van der Waals surface area (Å²) in [5, 5.41) is 11.8. The zero-order chi connectivity index (χ0) is 22.0. The van der Waals surface area contributed by atoms with Gasteiger partial charge in [-0.25, -0.2) is 13.6 Å². The second-order valence-electron chi connectivity index (χ2n) is 7.05. The number of benzene rings is 2. The van der Waals surface area contributed by atoms with Crippen LogP contribution in [0.5, 0.6) is 0 Å². The van der Waals surface area contributed by atoms with Crippen LogP contribution < -0.4 is 20.7 Å². The van der Waals surface area contributed by atoms with Crippen molar-refractivity contribution in [3.8, 4) is 0 Å². The summed E-state index contributed by atoms with van der Waals surface area (Å²) in [7, 11) is -3.65. The summed E-state index contributed by atoms with van der Waals surface area (Å²) < 4.78 is 22.7. The molecule has 7 nitrogen and oxygen atoms in total. The van der Waals surface area contributed by atoms with E-state index in [0.29, 0.717) is 13.0 Å². The number of anilines is 1. The van der Waals surface area contributed by atoms with Gasteiger partial charge in [0.15, 0.2) is 5.96 Å². The number of hydrogen-bond acceptors (Lipinski definition) is 4. The van der Waals surface area contributed by atoms with E-state index in [-0.39, 0.29) is 4.90 Å². The predicted molar refractivity (Wildman–Crippen MR) is 125 cm³/mol. The van der Waals surface area contributed by atoms with Crippen LogP contribution >= 0.6 is 0 Å². The Morgan fingerprint density at radius 3 is 2.43 bits per heavy atom. The standard InChI is InChI=1S/C22H33N5O2S/c1-4-24-22(25-14-13-19-9-11-21(12-10-19)30(23,28)29)26-15-16-27(5-2)20-8-6-7-18(3)17-20/h6-12,17H,4-5,13-16H2,1-3H3,(H2,23,28,29)(H2,24,25,26). The molecule has 164 valence electrons. The average Bonchev–Trinajstić information content (AvgIpc) is 2.71. The fraction of sp³-hybridized carbons (Fsp3) is 0.409. The van der Waals surface area contributed by atoms with Crippen LogP contribution in [0.1, 0.15) is 25.0 Å². The van der Waals surface area contributed by atoms with Crippen LogP contribution in [-0.2, 0) is 16.4 Å². The van der Waals surface area contributed by atoms with E-state index in [1.165, 1.54) is 23.4 Å². The van der Waals surface area contributed by atoms with E-state index in [2.05, 4.69) is 58.6 Å². The molecule has 2 aromatic carbocycles. The molecule has 0 heterocycles. The van der Waals surface area contributed by atoms with Crippen LogP contribution in [0.25, 0.3) is 0 Å². The molecule has 0 aliphatic rings. The monoisotopic (exact) mass is 431 g/mol. The predicted octanol–water partition coefficient (Wildman–Crippen LogP) is 2.27. The SMILES string of the molecule is CCNC(=NCCc1ccc(S(N)(=O)=O)cc1)NCCN(CC)c1cccc(C)c1. The fourth-order valence-corrected chi connectivity index (χ4v) is 3.60. The van der Waals surface area contributed by atoms with Crippen LogP contribution in [0.2, 0.25) is 0 Å². The van der Waals surface area contributed by atoms with Crippen LogP contribution in [0, 0.1) is 6.92 Å². The molecule has 0 aromatic heterocycles. The van der Waals surface area contributed by atoms with Crippen molar-refractivity contribution in [3.05, 3.63) is 59.7 Å². The van der Waals surface area contributed by atoms with Gasteiger partial charge in [-0.3, -0.25) is 4.99 Å². The molecule has 0 amide bonds. The number of nitrogens with one attached hydrogen (secondary N) is 2. The van der Waals surface area contributed by atoms with E-state index in [4.69, 9.17) is 5.14 Å². The van der Waals surface area contributed by atoms with E-state index in [9.17, 15) is 8.42 Å². The van der Waals surface area contributed by atoms with Gasteiger partial charge in [-0.15, -0.1) is 0 Å². The van der Waals surface area contributed by atoms with Crippen molar-refractivity contribution in [2.24, 2.45) is 10.1 Å². The first kappa shape index (κ1) is 23.7. The van der Waals surface area contributed by atoms with Gasteiger partial charge in [0, 0.05) is 38.4 Å². The third-order valence-electron chi connectivity index (χ3n) is 4.69. The van der Waals surface area contributed by atoms with Gasteiger partial charge in [0.2, 0.25) is 10.0 Å². The van der Waals surface area contributed by atoms with Gasteiger partial charge in [0.05, 0.1) is 4.90 Å². The number of guanidine groups is 1. The Balaban J connectivity index is 1.87. The topological polar surface area (TPSA) is 99.8 Å². The summed E-state index contributed by atoms with van der Waals surface area (Å²) in [6.45, 7) is 10.3. The van der Waals surface area contributed by atoms with Gasteiger partial charge in [0.25, 0.3) is 0 Å². The second-order valence-corrected chi connectivity index (χ2v) is 8.61. The summed E-state index contributed by atoms with van der Waals surface area (Å²) >= 11 is 0. The molecule has 0 unspecified atom stereocenters. The zero-order valence-electron chi connectivity index (χ0n) is 18.1. The lowest BCUT2D eigenvalue weighted by Crippen LogP contribution is -2.41. The Labute approximate surface area is 180 Å². The van der Waals surface area contributed by atoms with E-state index in [0.717, 1.165) is 37.7 Å². The molecular formula is C22H33N5O2S. The number of rotatable bonds is 10. The molecule has 0 aliphatic carbocycles. The molecule has 0 spiro atoms. The molecule has 0 bridgehead atoms. The van der Waals surface area contributed by atoms with E-state index in [1.807, 2.05) is 6.92 Å². The molecule has 8 heteroatoms. The highest BCUT2D eigenvalue weighted by atomic mass is 32.2. The minimum atomic E-state index is -3.65. The Bertz CT molecular complexity index is 927. The minimum absolute atomic E-state index is 0.124. The Hall–Kier alpha value is -2.58. The third-order valence-corrected chi connectivity index (χ3v) is 5.62. The maximum Gasteiger partial charge on any atom is 0.238 e. The lowest BCUT2D eigenvalue weighted by atomic mass is 10.1. The number of likely N-dealkylation sites (N-methyl/N-ethyl adjacent to an activating group) is 1. The van der Waals surface area contributed by atoms with Crippen molar-refractivity contribution in [2.75, 3.05) is 37.6 Å². The second kappa shape index (κ2) is 11.6. The fourth-order valence-electron chi connectivity index (χ4n) is 3.09. The number of nitrogens with zero attached hydrogens (tertiary/aromatic N) is 2. The minimum Gasteiger partial charge on any atom is -0.370 e. The molecule has 0 saturated heterocycles. The van der Waals surface area contributed by atoms with E-state index < -0.39 is 10.0 Å². The van der Waals surface area contributed by atoms with Gasteiger partial charge in [-0.2, -0.15) is 0 Å². The number of sulfonamides is 1. The third kappa shape index (κ3) is 7.68.